The lowest BCUT2D eigenvalue weighted by Crippen LogP contribution is -2.37. The molecule has 0 radical (unpaired) electrons. The Kier molecular flexibility index (Phi) is 3.95. The van der Waals surface area contributed by atoms with Gasteiger partial charge in [0, 0.05) is 14.1 Å². The minimum absolute atomic E-state index is 0.147. The summed E-state index contributed by atoms with van der Waals surface area (Å²) in [7, 11) is 2.98. The van der Waals surface area contributed by atoms with Gasteiger partial charge < -0.3 is 9.67 Å². The molecular weight excluding hydrogens is 364 g/mol. The molecule has 0 fully saturated rings. The van der Waals surface area contributed by atoms with Crippen molar-refractivity contribution in [3.63, 3.8) is 0 Å². The fourth-order valence-corrected chi connectivity index (χ4v) is 3.03. The maximum atomic E-state index is 12.4. The van der Waals surface area contributed by atoms with E-state index < -0.39 is 17.4 Å². The van der Waals surface area contributed by atoms with Crippen molar-refractivity contribution in [2.75, 3.05) is 0 Å². The van der Waals surface area contributed by atoms with E-state index in [2.05, 4.69) is 20.9 Å². The Balaban J connectivity index is 2.17. The molecule has 8 heteroatoms. The maximum Gasteiger partial charge on any atom is 0.332 e. The first kappa shape index (κ1) is 15.7. The highest BCUT2D eigenvalue weighted by molar-refractivity contribution is 9.10. The number of benzene rings is 1. The summed E-state index contributed by atoms with van der Waals surface area (Å²) in [5, 5.41) is 10.4. The van der Waals surface area contributed by atoms with Gasteiger partial charge in [0.05, 0.1) is 12.6 Å². The van der Waals surface area contributed by atoms with Crippen molar-refractivity contribution in [1.82, 2.24) is 18.7 Å². The van der Waals surface area contributed by atoms with Crippen LogP contribution in [-0.2, 0) is 20.6 Å². The average Bonchev–Trinajstić information content (AvgIpc) is 2.88. The van der Waals surface area contributed by atoms with Crippen molar-refractivity contribution < 1.29 is 5.11 Å². The quantitative estimate of drug-likeness (QED) is 0.687. The van der Waals surface area contributed by atoms with Crippen LogP contribution in [0.15, 0.2) is 44.7 Å². The summed E-state index contributed by atoms with van der Waals surface area (Å²) in [5.74, 6) is 0. The molecule has 0 spiro atoms. The van der Waals surface area contributed by atoms with Crippen LogP contribution in [0.1, 0.15) is 11.7 Å². The molecular formula is C15H15BrN4O3. The Labute approximate surface area is 139 Å². The van der Waals surface area contributed by atoms with Crippen LogP contribution in [0.25, 0.3) is 11.2 Å². The molecule has 0 saturated heterocycles. The van der Waals surface area contributed by atoms with Gasteiger partial charge in [0.25, 0.3) is 5.56 Å². The monoisotopic (exact) mass is 378 g/mol. The van der Waals surface area contributed by atoms with E-state index in [1.807, 2.05) is 30.3 Å². The number of fused-ring (bicyclic) bond motifs is 1. The lowest BCUT2D eigenvalue weighted by Gasteiger charge is -2.13. The Morgan fingerprint density at radius 3 is 2.48 bits per heavy atom. The second-order valence-electron chi connectivity index (χ2n) is 5.30. The molecule has 1 unspecified atom stereocenters. The number of aromatic nitrogens is 4. The first-order valence-electron chi connectivity index (χ1n) is 6.96. The summed E-state index contributed by atoms with van der Waals surface area (Å²) in [5.41, 5.74) is 0.411. The van der Waals surface area contributed by atoms with Gasteiger partial charge in [-0.25, -0.2) is 9.78 Å². The minimum Gasteiger partial charge on any atom is -0.387 e. The molecule has 0 aliphatic rings. The molecule has 23 heavy (non-hydrogen) atoms. The first-order chi connectivity index (χ1) is 10.9. The largest absolute Gasteiger partial charge is 0.387 e. The van der Waals surface area contributed by atoms with E-state index in [4.69, 9.17) is 0 Å². The second-order valence-corrected chi connectivity index (χ2v) is 6.01. The maximum absolute atomic E-state index is 12.4. The van der Waals surface area contributed by atoms with Crippen molar-refractivity contribution in [3.8, 4) is 0 Å². The van der Waals surface area contributed by atoms with Gasteiger partial charge in [0.2, 0.25) is 0 Å². The lowest BCUT2D eigenvalue weighted by atomic mass is 10.1. The standard InChI is InChI=1S/C15H15BrN4O3/c1-18-12-11(13(22)19(2)15(18)23)20(14(16)17-12)8-10(21)9-6-4-3-5-7-9/h3-7,10,21H,8H2,1-2H3. The van der Waals surface area contributed by atoms with E-state index in [1.165, 1.54) is 11.6 Å². The van der Waals surface area contributed by atoms with Crippen LogP contribution < -0.4 is 11.2 Å². The molecule has 1 aromatic carbocycles. The third-order valence-electron chi connectivity index (χ3n) is 3.84. The summed E-state index contributed by atoms with van der Waals surface area (Å²) in [4.78, 5) is 28.7. The number of aliphatic hydroxyl groups is 1. The highest BCUT2D eigenvalue weighted by Crippen LogP contribution is 2.21. The first-order valence-corrected chi connectivity index (χ1v) is 7.76. The second kappa shape index (κ2) is 5.78. The lowest BCUT2D eigenvalue weighted by molar-refractivity contribution is 0.157. The molecule has 0 bridgehead atoms. The molecule has 3 aromatic rings. The van der Waals surface area contributed by atoms with E-state index >= 15 is 0 Å². The summed E-state index contributed by atoms with van der Waals surface area (Å²) in [6.07, 6.45) is -0.799. The third-order valence-corrected chi connectivity index (χ3v) is 4.45. The van der Waals surface area contributed by atoms with E-state index in [-0.39, 0.29) is 17.7 Å². The van der Waals surface area contributed by atoms with Crippen molar-refractivity contribution >= 4 is 27.1 Å². The predicted molar refractivity (Wildman–Crippen MR) is 89.3 cm³/mol. The number of hydrogen-bond donors (Lipinski definition) is 1. The molecule has 0 aliphatic carbocycles. The molecule has 2 aromatic heterocycles. The highest BCUT2D eigenvalue weighted by atomic mass is 79.9. The van der Waals surface area contributed by atoms with Gasteiger partial charge in [-0.05, 0) is 21.5 Å². The van der Waals surface area contributed by atoms with Gasteiger partial charge in [0.1, 0.15) is 0 Å². The molecule has 7 nitrogen and oxygen atoms in total. The SMILES string of the molecule is Cn1c(=O)c2c(nc(Br)n2CC(O)c2ccccc2)n(C)c1=O. The van der Waals surface area contributed by atoms with Gasteiger partial charge in [-0.1, -0.05) is 30.3 Å². The molecule has 120 valence electrons. The molecule has 0 saturated carbocycles. The zero-order chi connectivity index (χ0) is 16.7. The Hall–Kier alpha value is -2.19. The van der Waals surface area contributed by atoms with Crippen molar-refractivity contribution in [1.29, 1.82) is 0 Å². The van der Waals surface area contributed by atoms with Crippen LogP contribution in [0.5, 0.6) is 0 Å². The minimum atomic E-state index is -0.799. The fourth-order valence-electron chi connectivity index (χ4n) is 2.54. The molecule has 0 amide bonds. The number of hydrogen-bond acceptors (Lipinski definition) is 4. The van der Waals surface area contributed by atoms with E-state index in [0.29, 0.717) is 4.73 Å². The summed E-state index contributed by atoms with van der Waals surface area (Å²) in [6.45, 7) is 0.147. The van der Waals surface area contributed by atoms with E-state index in [9.17, 15) is 14.7 Å². The number of nitrogens with zero attached hydrogens (tertiary/aromatic N) is 4. The molecule has 2 heterocycles. The number of imidazole rings is 1. The average molecular weight is 379 g/mol. The van der Waals surface area contributed by atoms with Gasteiger partial charge in [-0.3, -0.25) is 13.9 Å². The highest BCUT2D eigenvalue weighted by Gasteiger charge is 2.20. The summed E-state index contributed by atoms with van der Waals surface area (Å²) >= 11 is 3.31. The molecule has 3 rings (SSSR count). The van der Waals surface area contributed by atoms with Crippen molar-refractivity contribution in [2.45, 2.75) is 12.6 Å². The normalized spacial score (nSPS) is 12.7. The van der Waals surface area contributed by atoms with Gasteiger partial charge in [0.15, 0.2) is 15.9 Å². The molecule has 1 N–H and O–H groups in total. The molecule has 0 aliphatic heterocycles. The number of aliphatic hydroxyl groups excluding tert-OH is 1. The fraction of sp³-hybridized carbons (Fsp3) is 0.267. The van der Waals surface area contributed by atoms with Crippen LogP contribution in [0, 0.1) is 0 Å². The number of aryl methyl sites for hydroxylation is 1. The molecule has 1 atom stereocenters. The topological polar surface area (TPSA) is 82.0 Å². The van der Waals surface area contributed by atoms with Crippen molar-refractivity contribution in [3.05, 3.63) is 61.5 Å². The Morgan fingerprint density at radius 1 is 1.17 bits per heavy atom. The Bertz CT molecular complexity index is 988. The van der Waals surface area contributed by atoms with Gasteiger partial charge in [-0.2, -0.15) is 0 Å². The van der Waals surface area contributed by atoms with E-state index in [1.54, 1.807) is 11.6 Å². The third kappa shape index (κ3) is 2.53. The van der Waals surface area contributed by atoms with E-state index in [0.717, 1.165) is 10.1 Å². The van der Waals surface area contributed by atoms with Crippen LogP contribution in [0.2, 0.25) is 0 Å². The van der Waals surface area contributed by atoms with Crippen LogP contribution >= 0.6 is 15.9 Å². The summed E-state index contributed by atoms with van der Waals surface area (Å²) < 4.78 is 4.31. The van der Waals surface area contributed by atoms with Crippen LogP contribution in [0.4, 0.5) is 0 Å². The Morgan fingerprint density at radius 2 is 1.83 bits per heavy atom. The van der Waals surface area contributed by atoms with Gasteiger partial charge in [-0.15, -0.1) is 0 Å². The number of rotatable bonds is 3. The number of halogens is 1. The van der Waals surface area contributed by atoms with Crippen LogP contribution in [0.3, 0.4) is 0 Å². The van der Waals surface area contributed by atoms with Crippen LogP contribution in [-0.4, -0.2) is 23.8 Å². The van der Waals surface area contributed by atoms with Crippen molar-refractivity contribution in [2.24, 2.45) is 14.1 Å². The smallest absolute Gasteiger partial charge is 0.332 e. The zero-order valence-electron chi connectivity index (χ0n) is 12.6. The summed E-state index contributed by atoms with van der Waals surface area (Å²) in [6, 6.07) is 9.16. The predicted octanol–water partition coefficient (Wildman–Crippen LogP) is 0.930. The zero-order valence-corrected chi connectivity index (χ0v) is 14.2. The van der Waals surface area contributed by atoms with Gasteiger partial charge >= 0.3 is 5.69 Å².